The van der Waals surface area contributed by atoms with Crippen molar-refractivity contribution in [3.05, 3.63) is 83.4 Å². The summed E-state index contributed by atoms with van der Waals surface area (Å²) in [7, 11) is 0. The van der Waals surface area contributed by atoms with Gasteiger partial charge in [0, 0.05) is 18.9 Å². The zero-order valence-electron chi connectivity index (χ0n) is 17.5. The number of ether oxygens (including phenoxy) is 1. The number of carbonyl (C=O) groups is 2. The van der Waals surface area contributed by atoms with E-state index in [1.165, 1.54) is 24.3 Å². The second-order valence-electron chi connectivity index (χ2n) is 7.86. The van der Waals surface area contributed by atoms with Crippen LogP contribution in [0.5, 0.6) is 11.5 Å². The Morgan fingerprint density at radius 2 is 1.74 bits per heavy atom. The van der Waals surface area contributed by atoms with Gasteiger partial charge in [-0.25, -0.2) is 9.97 Å². The van der Waals surface area contributed by atoms with E-state index in [1.807, 2.05) is 50.2 Å². The van der Waals surface area contributed by atoms with E-state index in [4.69, 9.17) is 4.74 Å². The van der Waals surface area contributed by atoms with E-state index in [-0.39, 0.29) is 11.8 Å². The van der Waals surface area contributed by atoms with Gasteiger partial charge in [0.1, 0.15) is 23.4 Å². The Morgan fingerprint density at radius 1 is 1.03 bits per heavy atom. The lowest BCUT2D eigenvalue weighted by Crippen LogP contribution is -2.48. The van der Waals surface area contributed by atoms with Crippen molar-refractivity contribution in [2.75, 3.05) is 0 Å². The first-order chi connectivity index (χ1) is 14.9. The number of nitrogens with zero attached hydrogens (tertiary/aromatic N) is 2. The molecule has 1 fully saturated rings. The molecule has 1 heterocycles. The van der Waals surface area contributed by atoms with Crippen molar-refractivity contribution in [1.29, 1.82) is 0 Å². The van der Waals surface area contributed by atoms with E-state index >= 15 is 0 Å². The molecule has 31 heavy (non-hydrogen) atoms. The van der Waals surface area contributed by atoms with Crippen LogP contribution in [0.15, 0.2) is 61.2 Å². The molecule has 7 nitrogen and oxygen atoms in total. The maximum atomic E-state index is 12.7. The average molecular weight is 416 g/mol. The summed E-state index contributed by atoms with van der Waals surface area (Å²) in [6, 6.07) is 13.6. The average Bonchev–Trinajstić information content (AvgIpc) is 3.56. The van der Waals surface area contributed by atoms with Gasteiger partial charge in [-0.2, -0.15) is 0 Å². The summed E-state index contributed by atoms with van der Waals surface area (Å²) in [6.45, 7) is 4.44. The molecule has 2 amide bonds. The van der Waals surface area contributed by atoms with Crippen molar-refractivity contribution in [3.8, 4) is 11.5 Å². The van der Waals surface area contributed by atoms with Crippen LogP contribution in [0.2, 0.25) is 0 Å². The Labute approximate surface area is 180 Å². The van der Waals surface area contributed by atoms with Crippen molar-refractivity contribution >= 4 is 11.8 Å². The van der Waals surface area contributed by atoms with E-state index in [2.05, 4.69) is 26.7 Å². The van der Waals surface area contributed by atoms with Crippen LogP contribution in [0.25, 0.3) is 0 Å². The van der Waals surface area contributed by atoms with Gasteiger partial charge in [-0.15, -0.1) is 0 Å². The molecule has 1 saturated carbocycles. The molecule has 1 aliphatic carbocycles. The van der Waals surface area contributed by atoms with E-state index in [1.54, 1.807) is 0 Å². The molecule has 0 aliphatic heterocycles. The zero-order valence-corrected chi connectivity index (χ0v) is 17.5. The number of nitrogens with one attached hydrogen (secondary N) is 2. The molecule has 0 unspecified atom stereocenters. The van der Waals surface area contributed by atoms with Crippen molar-refractivity contribution in [2.24, 2.45) is 0 Å². The topological polar surface area (TPSA) is 93.2 Å². The molecule has 1 aliphatic rings. The van der Waals surface area contributed by atoms with E-state index in [0.717, 1.165) is 22.6 Å². The minimum atomic E-state index is -0.848. The molecule has 3 aromatic rings. The summed E-state index contributed by atoms with van der Waals surface area (Å²) >= 11 is 0. The fraction of sp³-hybridized carbons (Fsp3) is 0.250. The van der Waals surface area contributed by atoms with Gasteiger partial charge in [-0.1, -0.05) is 29.8 Å². The lowest BCUT2D eigenvalue weighted by atomic mass is 10.1. The van der Waals surface area contributed by atoms with Crippen LogP contribution >= 0.6 is 0 Å². The summed E-state index contributed by atoms with van der Waals surface area (Å²) in [6.07, 6.45) is 5.44. The standard InChI is InChI=1S/C24H24N4O3/c1-16-3-8-21(17(2)11-16)31-20-6-4-18(5-7-20)12-27-23(30)24(9-10-24)28-22(29)19-13-25-15-26-14-19/h3-8,11,13-15H,9-10,12H2,1-2H3,(H,27,30)(H,28,29). The Bertz CT molecular complexity index is 1090. The van der Waals surface area contributed by atoms with Crippen LogP contribution in [0.1, 0.15) is 39.9 Å². The Hall–Kier alpha value is -3.74. The molecule has 4 rings (SSSR count). The molecule has 0 radical (unpaired) electrons. The summed E-state index contributed by atoms with van der Waals surface area (Å²) in [5, 5.41) is 5.73. The highest BCUT2D eigenvalue weighted by Gasteiger charge is 2.51. The summed E-state index contributed by atoms with van der Waals surface area (Å²) < 4.78 is 5.95. The van der Waals surface area contributed by atoms with Gasteiger partial charge in [0.05, 0.1) is 5.56 Å². The molecule has 0 bridgehead atoms. The van der Waals surface area contributed by atoms with Crippen LogP contribution in [0, 0.1) is 13.8 Å². The van der Waals surface area contributed by atoms with E-state index in [9.17, 15) is 9.59 Å². The van der Waals surface area contributed by atoms with E-state index in [0.29, 0.717) is 24.9 Å². The monoisotopic (exact) mass is 416 g/mol. The first-order valence-electron chi connectivity index (χ1n) is 10.2. The highest BCUT2D eigenvalue weighted by atomic mass is 16.5. The first kappa shape index (κ1) is 20.5. The van der Waals surface area contributed by atoms with Gasteiger partial charge < -0.3 is 15.4 Å². The number of benzene rings is 2. The van der Waals surface area contributed by atoms with Gasteiger partial charge in [0.2, 0.25) is 5.91 Å². The van der Waals surface area contributed by atoms with Gasteiger partial charge >= 0.3 is 0 Å². The van der Waals surface area contributed by atoms with Gasteiger partial charge in [0.25, 0.3) is 5.91 Å². The van der Waals surface area contributed by atoms with Crippen molar-refractivity contribution < 1.29 is 14.3 Å². The number of aromatic nitrogens is 2. The quantitative estimate of drug-likeness (QED) is 0.615. The zero-order chi connectivity index (χ0) is 21.8. The van der Waals surface area contributed by atoms with Crippen LogP contribution in [0.4, 0.5) is 0 Å². The fourth-order valence-electron chi connectivity index (χ4n) is 3.31. The second-order valence-corrected chi connectivity index (χ2v) is 7.86. The Morgan fingerprint density at radius 3 is 2.39 bits per heavy atom. The molecule has 7 heteroatoms. The third-order valence-electron chi connectivity index (χ3n) is 5.29. The van der Waals surface area contributed by atoms with Crippen molar-refractivity contribution in [2.45, 2.75) is 38.8 Å². The van der Waals surface area contributed by atoms with Crippen molar-refractivity contribution in [1.82, 2.24) is 20.6 Å². The highest BCUT2D eigenvalue weighted by Crippen LogP contribution is 2.36. The fourth-order valence-corrected chi connectivity index (χ4v) is 3.31. The predicted octanol–water partition coefficient (Wildman–Crippen LogP) is 3.46. The van der Waals surface area contributed by atoms with Crippen LogP contribution in [-0.4, -0.2) is 27.3 Å². The van der Waals surface area contributed by atoms with Gasteiger partial charge in [-0.05, 0) is 56.0 Å². The van der Waals surface area contributed by atoms with Gasteiger partial charge in [0.15, 0.2) is 0 Å². The summed E-state index contributed by atoms with van der Waals surface area (Å²) in [4.78, 5) is 32.7. The molecular weight excluding hydrogens is 392 g/mol. The first-order valence-corrected chi connectivity index (χ1v) is 10.2. The predicted molar refractivity (Wildman–Crippen MR) is 116 cm³/mol. The Kier molecular flexibility index (Phi) is 5.66. The van der Waals surface area contributed by atoms with Crippen LogP contribution < -0.4 is 15.4 Å². The molecule has 0 atom stereocenters. The highest BCUT2D eigenvalue weighted by molar-refractivity contribution is 6.00. The van der Waals surface area contributed by atoms with Gasteiger partial charge in [-0.3, -0.25) is 9.59 Å². The molecule has 2 aromatic carbocycles. The largest absolute Gasteiger partial charge is 0.457 e. The lowest BCUT2D eigenvalue weighted by Gasteiger charge is -2.17. The van der Waals surface area contributed by atoms with E-state index < -0.39 is 5.54 Å². The molecule has 2 N–H and O–H groups in total. The minimum Gasteiger partial charge on any atom is -0.457 e. The number of hydrogen-bond acceptors (Lipinski definition) is 5. The number of carbonyl (C=O) groups excluding carboxylic acids is 2. The number of amides is 2. The normalized spacial score (nSPS) is 13.9. The smallest absolute Gasteiger partial charge is 0.255 e. The SMILES string of the molecule is Cc1ccc(Oc2ccc(CNC(=O)C3(NC(=O)c4cncnc4)CC3)cc2)c(C)c1. The van der Waals surface area contributed by atoms with Crippen LogP contribution in [-0.2, 0) is 11.3 Å². The lowest BCUT2D eigenvalue weighted by molar-refractivity contribution is -0.124. The third kappa shape index (κ3) is 4.88. The molecule has 1 aromatic heterocycles. The second kappa shape index (κ2) is 8.55. The maximum Gasteiger partial charge on any atom is 0.255 e. The maximum absolute atomic E-state index is 12.7. The number of aryl methyl sites for hydroxylation is 2. The molecule has 158 valence electrons. The third-order valence-corrected chi connectivity index (χ3v) is 5.29. The molecule has 0 spiro atoms. The van der Waals surface area contributed by atoms with Crippen molar-refractivity contribution in [3.63, 3.8) is 0 Å². The molecular formula is C24H24N4O3. The molecule has 0 saturated heterocycles. The minimum absolute atomic E-state index is 0.187. The summed E-state index contributed by atoms with van der Waals surface area (Å²) in [5.74, 6) is 1.02. The Balaban J connectivity index is 1.31. The number of hydrogen-bond donors (Lipinski definition) is 2. The number of rotatable bonds is 7. The van der Waals surface area contributed by atoms with Crippen LogP contribution in [0.3, 0.4) is 0 Å². The summed E-state index contributed by atoms with van der Waals surface area (Å²) in [5.41, 5.74) is 2.70.